The van der Waals surface area contributed by atoms with Crippen LogP contribution in [0.3, 0.4) is 0 Å². The summed E-state index contributed by atoms with van der Waals surface area (Å²) in [5, 5.41) is 2.63. The molecule has 0 radical (unpaired) electrons. The van der Waals surface area contributed by atoms with Crippen molar-refractivity contribution in [3.05, 3.63) is 41.5 Å². The summed E-state index contributed by atoms with van der Waals surface area (Å²) < 4.78 is 0. The Morgan fingerprint density at radius 2 is 2.12 bits per heavy atom. The summed E-state index contributed by atoms with van der Waals surface area (Å²) in [6.45, 7) is 0. The predicted molar refractivity (Wildman–Crippen MR) is 64.9 cm³/mol. The quantitative estimate of drug-likeness (QED) is 0.625. The molecule has 0 saturated carbocycles. The molecule has 1 heterocycles. The molecule has 4 rings (SSSR count). The molecule has 80 valence electrons. The molecular formula is C13H13N3. The van der Waals surface area contributed by atoms with Gasteiger partial charge in [0, 0.05) is 5.39 Å². The molecule has 16 heavy (non-hydrogen) atoms. The maximum atomic E-state index is 3.28. The average molecular weight is 211 g/mol. The Morgan fingerprint density at radius 1 is 1.19 bits per heavy atom. The van der Waals surface area contributed by atoms with Gasteiger partial charge >= 0.3 is 0 Å². The molecule has 0 amide bonds. The van der Waals surface area contributed by atoms with E-state index >= 15 is 0 Å². The van der Waals surface area contributed by atoms with E-state index in [1.807, 2.05) is 0 Å². The van der Waals surface area contributed by atoms with Crippen molar-refractivity contribution in [1.29, 1.82) is 0 Å². The Labute approximate surface area is 93.8 Å². The Bertz CT molecular complexity index is 577. The van der Waals surface area contributed by atoms with Gasteiger partial charge in [-0.2, -0.15) is 5.53 Å². The normalized spacial score (nSPS) is 21.9. The summed E-state index contributed by atoms with van der Waals surface area (Å²) in [4.78, 5) is 0. The van der Waals surface area contributed by atoms with Crippen LogP contribution < -0.4 is 16.4 Å². The third kappa shape index (κ3) is 0.991. The second kappa shape index (κ2) is 2.97. The van der Waals surface area contributed by atoms with E-state index in [1.165, 1.54) is 40.4 Å². The molecule has 0 saturated heterocycles. The average Bonchev–Trinajstić information content (AvgIpc) is 2.75. The fourth-order valence-corrected chi connectivity index (χ4v) is 2.94. The molecule has 2 aliphatic rings. The van der Waals surface area contributed by atoms with Crippen LogP contribution in [0.2, 0.25) is 0 Å². The van der Waals surface area contributed by atoms with Crippen molar-refractivity contribution in [3.63, 3.8) is 0 Å². The van der Waals surface area contributed by atoms with Gasteiger partial charge in [0.1, 0.15) is 0 Å². The summed E-state index contributed by atoms with van der Waals surface area (Å²) in [5.74, 6) is 0. The molecule has 0 spiro atoms. The first-order valence-electron chi connectivity index (χ1n) is 5.74. The lowest BCUT2D eigenvalue weighted by atomic mass is 9.98. The van der Waals surface area contributed by atoms with Crippen LogP contribution in [0.1, 0.15) is 23.6 Å². The van der Waals surface area contributed by atoms with Gasteiger partial charge in [-0.05, 0) is 29.4 Å². The van der Waals surface area contributed by atoms with Crippen LogP contribution in [0, 0.1) is 0 Å². The highest BCUT2D eigenvalue weighted by atomic mass is 15.6. The van der Waals surface area contributed by atoms with E-state index in [2.05, 4.69) is 46.7 Å². The number of rotatable bonds is 0. The van der Waals surface area contributed by atoms with Gasteiger partial charge in [-0.1, -0.05) is 30.3 Å². The molecule has 1 aliphatic carbocycles. The van der Waals surface area contributed by atoms with E-state index in [0.29, 0.717) is 6.04 Å². The number of benzene rings is 2. The van der Waals surface area contributed by atoms with Crippen LogP contribution in [0.15, 0.2) is 30.3 Å². The minimum Gasteiger partial charge on any atom is -0.307 e. The molecular weight excluding hydrogens is 198 g/mol. The Morgan fingerprint density at radius 3 is 3.12 bits per heavy atom. The van der Waals surface area contributed by atoms with Crippen molar-refractivity contribution in [2.75, 3.05) is 5.43 Å². The first-order chi connectivity index (χ1) is 7.93. The van der Waals surface area contributed by atoms with Gasteiger partial charge in [0.15, 0.2) is 0 Å². The summed E-state index contributed by atoms with van der Waals surface area (Å²) in [6.07, 6.45) is 2.36. The number of hydrazine groups is 2. The fourth-order valence-electron chi connectivity index (χ4n) is 2.94. The highest BCUT2D eigenvalue weighted by Crippen LogP contribution is 2.42. The minimum atomic E-state index is 0.468. The number of aryl methyl sites for hydroxylation is 1. The largest absolute Gasteiger partial charge is 0.307 e. The molecule has 0 fully saturated rings. The van der Waals surface area contributed by atoms with Gasteiger partial charge < -0.3 is 5.43 Å². The van der Waals surface area contributed by atoms with Crippen LogP contribution in [0.4, 0.5) is 5.69 Å². The van der Waals surface area contributed by atoms with E-state index in [1.54, 1.807) is 0 Å². The monoisotopic (exact) mass is 211 g/mol. The van der Waals surface area contributed by atoms with Crippen molar-refractivity contribution in [2.45, 2.75) is 18.9 Å². The van der Waals surface area contributed by atoms with Crippen LogP contribution >= 0.6 is 0 Å². The van der Waals surface area contributed by atoms with Gasteiger partial charge in [-0.25, -0.2) is 5.43 Å². The smallest absolute Gasteiger partial charge is 0.0630 e. The highest BCUT2D eigenvalue weighted by molar-refractivity contribution is 5.97. The fraction of sp³-hybridized carbons (Fsp3) is 0.231. The van der Waals surface area contributed by atoms with Crippen molar-refractivity contribution >= 4 is 16.5 Å². The topological polar surface area (TPSA) is 36.1 Å². The molecule has 2 aromatic rings. The lowest BCUT2D eigenvalue weighted by Crippen LogP contribution is -2.43. The number of hydrogen-bond acceptors (Lipinski definition) is 3. The van der Waals surface area contributed by atoms with E-state index in [4.69, 9.17) is 0 Å². The maximum absolute atomic E-state index is 3.28. The first-order valence-corrected chi connectivity index (χ1v) is 5.74. The molecule has 3 N–H and O–H groups in total. The van der Waals surface area contributed by atoms with Gasteiger partial charge in [-0.15, -0.1) is 0 Å². The Kier molecular flexibility index (Phi) is 1.59. The molecule has 3 nitrogen and oxygen atoms in total. The Hall–Kier alpha value is -1.58. The maximum Gasteiger partial charge on any atom is 0.0630 e. The summed E-state index contributed by atoms with van der Waals surface area (Å²) >= 11 is 0. The van der Waals surface area contributed by atoms with Crippen LogP contribution in [0.25, 0.3) is 10.8 Å². The minimum absolute atomic E-state index is 0.468. The molecule has 2 aromatic carbocycles. The summed E-state index contributed by atoms with van der Waals surface area (Å²) in [5.41, 5.74) is 13.8. The van der Waals surface area contributed by atoms with E-state index < -0.39 is 0 Å². The third-order valence-electron chi connectivity index (χ3n) is 3.66. The number of nitrogens with one attached hydrogen (secondary N) is 3. The molecule has 3 heteroatoms. The zero-order valence-electron chi connectivity index (χ0n) is 8.88. The predicted octanol–water partition coefficient (Wildman–Crippen LogP) is 2.26. The third-order valence-corrected chi connectivity index (χ3v) is 3.66. The SMILES string of the molecule is c1ccc2c3c4c(cc2c1)CCC4NNN3. The molecule has 1 unspecified atom stereocenters. The van der Waals surface area contributed by atoms with E-state index in [0.717, 1.165) is 0 Å². The lowest BCUT2D eigenvalue weighted by Gasteiger charge is -2.26. The molecule has 1 atom stereocenters. The van der Waals surface area contributed by atoms with E-state index in [9.17, 15) is 0 Å². The molecule has 1 aliphatic heterocycles. The molecule has 0 bridgehead atoms. The van der Waals surface area contributed by atoms with Crippen molar-refractivity contribution in [3.8, 4) is 0 Å². The first kappa shape index (κ1) is 8.56. The van der Waals surface area contributed by atoms with Gasteiger partial charge in [0.05, 0.1) is 11.7 Å². The van der Waals surface area contributed by atoms with E-state index in [-0.39, 0.29) is 0 Å². The van der Waals surface area contributed by atoms with Gasteiger partial charge in [-0.3, -0.25) is 0 Å². The Balaban J connectivity index is 2.14. The second-order valence-electron chi connectivity index (χ2n) is 4.53. The highest BCUT2D eigenvalue weighted by Gasteiger charge is 2.29. The second-order valence-corrected chi connectivity index (χ2v) is 4.53. The van der Waals surface area contributed by atoms with Crippen LogP contribution in [-0.4, -0.2) is 0 Å². The summed E-state index contributed by atoms with van der Waals surface area (Å²) in [7, 11) is 0. The van der Waals surface area contributed by atoms with Gasteiger partial charge in [0.25, 0.3) is 0 Å². The lowest BCUT2D eigenvalue weighted by molar-refractivity contribution is 0.454. The molecule has 0 aromatic heterocycles. The zero-order chi connectivity index (χ0) is 10.5. The number of anilines is 1. The van der Waals surface area contributed by atoms with Crippen LogP contribution in [-0.2, 0) is 6.42 Å². The summed E-state index contributed by atoms with van der Waals surface area (Å²) in [6, 6.07) is 11.4. The van der Waals surface area contributed by atoms with Crippen LogP contribution in [0.5, 0.6) is 0 Å². The van der Waals surface area contributed by atoms with Crippen molar-refractivity contribution < 1.29 is 0 Å². The van der Waals surface area contributed by atoms with Gasteiger partial charge in [0.2, 0.25) is 0 Å². The number of hydrogen-bond donors (Lipinski definition) is 3. The van der Waals surface area contributed by atoms with Crippen molar-refractivity contribution in [1.82, 2.24) is 11.0 Å². The van der Waals surface area contributed by atoms with Crippen molar-refractivity contribution in [2.24, 2.45) is 0 Å². The standard InChI is InChI=1S/C13H13N3/c1-2-4-10-8(3-1)7-9-5-6-11-12(9)13(10)15-16-14-11/h1-4,7,11,14-16H,5-6H2. The zero-order valence-corrected chi connectivity index (χ0v) is 8.88. The number of fused-ring (bicyclic) bond motifs is 2.